The summed E-state index contributed by atoms with van der Waals surface area (Å²) in [5, 5.41) is 5.51. The van der Waals surface area contributed by atoms with Gasteiger partial charge in [-0.1, -0.05) is 12.2 Å². The van der Waals surface area contributed by atoms with E-state index in [0.717, 1.165) is 42.0 Å². The summed E-state index contributed by atoms with van der Waals surface area (Å²) in [5.41, 5.74) is 1.78. The Morgan fingerprint density at radius 3 is 3.04 bits per heavy atom. The molecule has 5 nitrogen and oxygen atoms in total. The predicted octanol–water partition coefficient (Wildman–Crippen LogP) is 3.83. The highest BCUT2D eigenvalue weighted by Gasteiger charge is 2.20. The molecule has 1 atom stereocenters. The van der Waals surface area contributed by atoms with Crippen LogP contribution in [0.15, 0.2) is 35.7 Å². The predicted molar refractivity (Wildman–Crippen MR) is 88.8 cm³/mol. The zero-order valence-electron chi connectivity index (χ0n) is 12.5. The largest absolute Gasteiger partial charge is 0.454 e. The molecule has 0 unspecified atom stereocenters. The Hall–Kier alpha value is -2.34. The summed E-state index contributed by atoms with van der Waals surface area (Å²) in [5.74, 6) is 1.59. The molecular weight excluding hydrogens is 312 g/mol. The van der Waals surface area contributed by atoms with E-state index in [4.69, 9.17) is 9.47 Å². The van der Waals surface area contributed by atoms with Crippen LogP contribution in [-0.2, 0) is 4.79 Å². The first-order valence-electron chi connectivity index (χ1n) is 7.61. The van der Waals surface area contributed by atoms with Gasteiger partial charge < -0.3 is 14.8 Å². The van der Waals surface area contributed by atoms with E-state index in [0.29, 0.717) is 5.13 Å². The molecule has 118 valence electrons. The summed E-state index contributed by atoms with van der Waals surface area (Å²) in [6, 6.07) is 5.73. The van der Waals surface area contributed by atoms with Crippen LogP contribution in [0.2, 0.25) is 0 Å². The van der Waals surface area contributed by atoms with Crippen molar-refractivity contribution in [2.75, 3.05) is 12.1 Å². The van der Waals surface area contributed by atoms with Gasteiger partial charge in [-0.25, -0.2) is 4.98 Å². The van der Waals surface area contributed by atoms with Crippen LogP contribution in [0.5, 0.6) is 11.5 Å². The highest BCUT2D eigenvalue weighted by atomic mass is 32.1. The smallest absolute Gasteiger partial charge is 0.231 e. The van der Waals surface area contributed by atoms with Crippen LogP contribution < -0.4 is 14.8 Å². The van der Waals surface area contributed by atoms with Crippen LogP contribution >= 0.6 is 11.3 Å². The Morgan fingerprint density at radius 2 is 2.17 bits per heavy atom. The first-order valence-corrected chi connectivity index (χ1v) is 8.49. The molecule has 2 aliphatic rings. The summed E-state index contributed by atoms with van der Waals surface area (Å²) in [4.78, 5) is 16.8. The van der Waals surface area contributed by atoms with Gasteiger partial charge in [-0.15, -0.1) is 11.3 Å². The molecule has 0 fully saturated rings. The van der Waals surface area contributed by atoms with Crippen LogP contribution in [0.1, 0.15) is 19.3 Å². The second kappa shape index (κ2) is 6.04. The number of amides is 1. The van der Waals surface area contributed by atoms with Gasteiger partial charge in [-0.3, -0.25) is 4.79 Å². The molecule has 1 amide bonds. The summed E-state index contributed by atoms with van der Waals surface area (Å²) in [6.07, 6.45) is 6.89. The first kappa shape index (κ1) is 14.3. The number of carbonyl (C=O) groups is 1. The molecule has 0 spiro atoms. The minimum absolute atomic E-state index is 0.0536. The lowest BCUT2D eigenvalue weighted by molar-refractivity contribution is -0.120. The fourth-order valence-electron chi connectivity index (χ4n) is 2.76. The number of thiazole rings is 1. The maximum atomic E-state index is 12.3. The minimum Gasteiger partial charge on any atom is -0.454 e. The van der Waals surface area contributed by atoms with Crippen molar-refractivity contribution >= 4 is 22.4 Å². The molecule has 2 heterocycles. The van der Waals surface area contributed by atoms with Gasteiger partial charge in [-0.05, 0) is 37.5 Å². The average Bonchev–Trinajstić information content (AvgIpc) is 3.23. The molecular formula is C17H16N2O3S. The molecule has 1 aliphatic heterocycles. The number of benzene rings is 1. The standard InChI is InChI=1S/C17H16N2O3S/c20-16(11-4-2-1-3-5-11)19-17-18-13(9-23-17)12-6-7-14-15(8-12)22-10-21-14/h1-2,6-9,11H,3-5,10H2,(H,18,19,20)/t11-/m1/s1. The van der Waals surface area contributed by atoms with Crippen molar-refractivity contribution in [1.29, 1.82) is 0 Å². The molecule has 0 bridgehead atoms. The second-order valence-corrected chi connectivity index (χ2v) is 6.43. The number of nitrogens with zero attached hydrogens (tertiary/aromatic N) is 1. The Bertz CT molecular complexity index is 769. The molecule has 1 aromatic heterocycles. The van der Waals surface area contributed by atoms with Crippen LogP contribution in [0, 0.1) is 5.92 Å². The molecule has 4 rings (SSSR count). The Labute approximate surface area is 138 Å². The molecule has 1 aromatic carbocycles. The maximum absolute atomic E-state index is 12.3. The van der Waals surface area contributed by atoms with Crippen LogP contribution in [0.3, 0.4) is 0 Å². The van der Waals surface area contributed by atoms with Gasteiger partial charge in [0.05, 0.1) is 5.69 Å². The van der Waals surface area contributed by atoms with Crippen molar-refractivity contribution in [3.63, 3.8) is 0 Å². The molecule has 0 radical (unpaired) electrons. The van der Waals surface area contributed by atoms with E-state index < -0.39 is 0 Å². The van der Waals surface area contributed by atoms with Crippen molar-refractivity contribution in [3.05, 3.63) is 35.7 Å². The molecule has 0 saturated carbocycles. The number of allylic oxidation sites excluding steroid dienone is 2. The molecule has 23 heavy (non-hydrogen) atoms. The van der Waals surface area contributed by atoms with E-state index in [2.05, 4.69) is 22.5 Å². The highest BCUT2D eigenvalue weighted by molar-refractivity contribution is 7.14. The SMILES string of the molecule is O=C(Nc1nc(-c2ccc3c(c2)OCO3)cs1)[C@@H]1CC=CCC1. The Morgan fingerprint density at radius 1 is 1.26 bits per heavy atom. The molecule has 1 N–H and O–H groups in total. The number of nitrogens with one attached hydrogen (secondary N) is 1. The van der Waals surface area contributed by atoms with Crippen molar-refractivity contribution in [2.45, 2.75) is 19.3 Å². The average molecular weight is 328 g/mol. The molecule has 2 aromatic rings. The number of carbonyl (C=O) groups excluding carboxylic acids is 1. The Balaban J connectivity index is 1.48. The summed E-state index contributed by atoms with van der Waals surface area (Å²) >= 11 is 1.44. The number of hydrogen-bond donors (Lipinski definition) is 1. The third kappa shape index (κ3) is 2.94. The molecule has 1 aliphatic carbocycles. The normalized spacial score (nSPS) is 18.9. The maximum Gasteiger partial charge on any atom is 0.231 e. The zero-order valence-corrected chi connectivity index (χ0v) is 13.3. The van der Waals surface area contributed by atoms with Crippen LogP contribution in [0.25, 0.3) is 11.3 Å². The van der Waals surface area contributed by atoms with Gasteiger partial charge >= 0.3 is 0 Å². The van der Waals surface area contributed by atoms with Crippen molar-refractivity contribution in [1.82, 2.24) is 4.98 Å². The van der Waals surface area contributed by atoms with E-state index in [1.54, 1.807) is 0 Å². The van der Waals surface area contributed by atoms with Crippen LogP contribution in [-0.4, -0.2) is 17.7 Å². The lowest BCUT2D eigenvalue weighted by atomic mass is 9.94. The number of fused-ring (bicyclic) bond motifs is 1. The van der Waals surface area contributed by atoms with Gasteiger partial charge in [-0.2, -0.15) is 0 Å². The molecule has 0 saturated heterocycles. The van der Waals surface area contributed by atoms with Crippen molar-refractivity contribution in [3.8, 4) is 22.8 Å². The monoisotopic (exact) mass is 328 g/mol. The fraction of sp³-hybridized carbons (Fsp3) is 0.294. The Kier molecular flexibility index (Phi) is 3.75. The number of anilines is 1. The number of ether oxygens (including phenoxy) is 2. The second-order valence-electron chi connectivity index (χ2n) is 5.58. The third-order valence-electron chi connectivity index (χ3n) is 4.04. The minimum atomic E-state index is 0.0536. The fourth-order valence-corrected chi connectivity index (χ4v) is 3.48. The lowest BCUT2D eigenvalue weighted by Gasteiger charge is -2.15. The van der Waals surface area contributed by atoms with Gasteiger partial charge in [0, 0.05) is 16.9 Å². The van der Waals surface area contributed by atoms with Crippen LogP contribution in [0.4, 0.5) is 5.13 Å². The van der Waals surface area contributed by atoms with E-state index >= 15 is 0 Å². The van der Waals surface area contributed by atoms with Crippen molar-refractivity contribution < 1.29 is 14.3 Å². The lowest BCUT2D eigenvalue weighted by Crippen LogP contribution is -2.23. The summed E-state index contributed by atoms with van der Waals surface area (Å²) < 4.78 is 10.7. The van der Waals surface area contributed by atoms with E-state index in [1.807, 2.05) is 23.6 Å². The zero-order chi connectivity index (χ0) is 15.6. The van der Waals surface area contributed by atoms with Crippen molar-refractivity contribution in [2.24, 2.45) is 5.92 Å². The topological polar surface area (TPSA) is 60.5 Å². The van der Waals surface area contributed by atoms with Gasteiger partial charge in [0.25, 0.3) is 0 Å². The first-order chi connectivity index (χ1) is 11.3. The molecule has 6 heteroatoms. The third-order valence-corrected chi connectivity index (χ3v) is 4.80. The summed E-state index contributed by atoms with van der Waals surface area (Å²) in [7, 11) is 0. The van der Waals surface area contributed by atoms with Gasteiger partial charge in [0.2, 0.25) is 12.7 Å². The summed E-state index contributed by atoms with van der Waals surface area (Å²) in [6.45, 7) is 0.257. The number of aromatic nitrogens is 1. The van der Waals surface area contributed by atoms with Gasteiger partial charge in [0.1, 0.15) is 0 Å². The quantitative estimate of drug-likeness (QED) is 0.870. The number of rotatable bonds is 3. The van der Waals surface area contributed by atoms with Gasteiger partial charge in [0.15, 0.2) is 16.6 Å². The highest BCUT2D eigenvalue weighted by Crippen LogP contribution is 2.36. The number of hydrogen-bond acceptors (Lipinski definition) is 5. The van der Waals surface area contributed by atoms with E-state index in [-0.39, 0.29) is 18.6 Å². The van der Waals surface area contributed by atoms with E-state index in [1.165, 1.54) is 11.3 Å². The van der Waals surface area contributed by atoms with E-state index in [9.17, 15) is 4.79 Å².